The molecule has 0 fully saturated rings. The second-order valence-electron chi connectivity index (χ2n) is 5.82. The fourth-order valence-electron chi connectivity index (χ4n) is 2.25. The molecule has 0 aliphatic heterocycles. The number of Topliss-reactive ketones (excluding diaryl/α,β-unsaturated/α-hetero) is 2. The van der Waals surface area contributed by atoms with Gasteiger partial charge in [0.15, 0.2) is 0 Å². The third kappa shape index (κ3) is 9.39. The molecule has 0 radical (unpaired) electrons. The predicted molar refractivity (Wildman–Crippen MR) is 96.3 cm³/mol. The second kappa shape index (κ2) is 11.1. The van der Waals surface area contributed by atoms with Gasteiger partial charge in [0, 0.05) is 26.4 Å². The molecule has 0 heterocycles. The molecule has 0 aliphatic rings. The molecule has 1 amide bonds. The molecule has 1 rings (SSSR count). The maximum atomic E-state index is 11.8. The van der Waals surface area contributed by atoms with Crippen molar-refractivity contribution in [1.29, 1.82) is 0 Å². The number of anilines is 1. The van der Waals surface area contributed by atoms with Crippen molar-refractivity contribution < 1.29 is 25.3 Å². The normalized spacial score (nSPS) is 10.2. The van der Waals surface area contributed by atoms with E-state index in [1.807, 2.05) is 12.1 Å². The molecule has 0 spiro atoms. The molecule has 1 N–H and O–H groups in total. The molecule has 0 bridgehead atoms. The van der Waals surface area contributed by atoms with Crippen LogP contribution in [-0.4, -0.2) is 30.0 Å². The highest BCUT2D eigenvalue weighted by Crippen LogP contribution is 2.12. The summed E-state index contributed by atoms with van der Waals surface area (Å²) in [6.45, 7) is 3.49. The van der Waals surface area contributed by atoms with Gasteiger partial charge in [-0.25, -0.2) is 0 Å². The lowest BCUT2D eigenvalue weighted by Gasteiger charge is -2.07. The van der Waals surface area contributed by atoms with Crippen LogP contribution in [0.3, 0.4) is 0 Å². The maximum Gasteiger partial charge on any atom is 0.305 e. The molecule has 0 saturated heterocycles. The SMILES string of the molecule is CCOC(=O)CCCC(=O)Nc1ccc(CCC(=O)CC(C)=O)cc1.[HH]. The number of carbonyl (C=O) groups excluding carboxylic acids is 4. The van der Waals surface area contributed by atoms with E-state index in [4.69, 9.17) is 4.74 Å². The Morgan fingerprint density at radius 3 is 2.32 bits per heavy atom. The average Bonchev–Trinajstić information content (AvgIpc) is 2.54. The van der Waals surface area contributed by atoms with Crippen molar-refractivity contribution in [3.8, 4) is 0 Å². The van der Waals surface area contributed by atoms with Gasteiger partial charge in [-0.2, -0.15) is 0 Å². The number of carbonyl (C=O) groups is 4. The van der Waals surface area contributed by atoms with Gasteiger partial charge in [-0.15, -0.1) is 0 Å². The lowest BCUT2D eigenvalue weighted by molar-refractivity contribution is -0.143. The minimum atomic E-state index is -0.293. The number of nitrogens with one attached hydrogen (secondary N) is 1. The maximum absolute atomic E-state index is 11.8. The number of ketones is 2. The van der Waals surface area contributed by atoms with Crippen molar-refractivity contribution in [3.05, 3.63) is 29.8 Å². The highest BCUT2D eigenvalue weighted by Gasteiger charge is 2.08. The highest BCUT2D eigenvalue weighted by molar-refractivity contribution is 5.98. The molecular weight excluding hydrogens is 322 g/mol. The summed E-state index contributed by atoms with van der Waals surface area (Å²) < 4.78 is 4.80. The van der Waals surface area contributed by atoms with Gasteiger partial charge in [-0.1, -0.05) is 12.1 Å². The van der Waals surface area contributed by atoms with Crippen LogP contribution in [0, 0.1) is 0 Å². The lowest BCUT2D eigenvalue weighted by Crippen LogP contribution is -2.12. The number of hydrogen-bond acceptors (Lipinski definition) is 5. The van der Waals surface area contributed by atoms with Gasteiger partial charge in [0.05, 0.1) is 13.0 Å². The third-order valence-electron chi connectivity index (χ3n) is 3.47. The minimum absolute atomic E-state index is 0. The first kappa shape index (κ1) is 20.5. The predicted octanol–water partition coefficient (Wildman–Crippen LogP) is 3.09. The number of aryl methyl sites for hydroxylation is 1. The van der Waals surface area contributed by atoms with E-state index in [0.29, 0.717) is 31.6 Å². The summed E-state index contributed by atoms with van der Waals surface area (Å²) in [6.07, 6.45) is 1.81. The van der Waals surface area contributed by atoms with E-state index in [0.717, 1.165) is 5.56 Å². The Kier molecular flexibility index (Phi) is 9.14. The Bertz CT molecular complexity index is 613. The zero-order chi connectivity index (χ0) is 18.7. The number of amides is 1. The fraction of sp³-hybridized carbons (Fsp3) is 0.474. The molecule has 0 aromatic heterocycles. The average molecular weight is 349 g/mol. The van der Waals surface area contributed by atoms with Crippen LogP contribution in [0.1, 0.15) is 52.9 Å². The van der Waals surface area contributed by atoms with Crippen molar-refractivity contribution in [3.63, 3.8) is 0 Å². The van der Waals surface area contributed by atoms with Gasteiger partial charge in [-0.3, -0.25) is 19.2 Å². The Morgan fingerprint density at radius 1 is 1.04 bits per heavy atom. The van der Waals surface area contributed by atoms with Crippen molar-refractivity contribution in [2.24, 2.45) is 0 Å². The summed E-state index contributed by atoms with van der Waals surface area (Å²) in [5.41, 5.74) is 1.64. The Labute approximate surface area is 149 Å². The number of rotatable bonds is 11. The fourth-order valence-corrected chi connectivity index (χ4v) is 2.25. The number of esters is 1. The van der Waals surface area contributed by atoms with Crippen LogP contribution in [0.15, 0.2) is 24.3 Å². The molecule has 0 saturated carbocycles. The van der Waals surface area contributed by atoms with Crippen LogP contribution in [0.25, 0.3) is 0 Å². The van der Waals surface area contributed by atoms with E-state index in [9.17, 15) is 19.2 Å². The molecule has 6 heteroatoms. The molecule has 25 heavy (non-hydrogen) atoms. The second-order valence-corrected chi connectivity index (χ2v) is 5.82. The van der Waals surface area contributed by atoms with Crippen LogP contribution < -0.4 is 5.32 Å². The van der Waals surface area contributed by atoms with Crippen LogP contribution in [0.2, 0.25) is 0 Å². The zero-order valence-corrected chi connectivity index (χ0v) is 14.8. The van der Waals surface area contributed by atoms with Crippen LogP contribution in [-0.2, 0) is 30.3 Å². The summed E-state index contributed by atoms with van der Waals surface area (Å²) in [7, 11) is 0. The first-order valence-corrected chi connectivity index (χ1v) is 8.46. The first-order valence-electron chi connectivity index (χ1n) is 8.46. The van der Waals surface area contributed by atoms with Gasteiger partial charge in [0.25, 0.3) is 0 Å². The summed E-state index contributed by atoms with van der Waals surface area (Å²) >= 11 is 0. The Balaban J connectivity index is 0.00000625. The molecule has 0 aliphatic carbocycles. The van der Waals surface area contributed by atoms with E-state index in [1.54, 1.807) is 19.1 Å². The molecule has 0 atom stereocenters. The van der Waals surface area contributed by atoms with Gasteiger partial charge in [0.1, 0.15) is 11.6 Å². The van der Waals surface area contributed by atoms with Crippen molar-refractivity contribution in [2.45, 2.75) is 52.4 Å². The quantitative estimate of drug-likeness (QED) is 0.490. The smallest absolute Gasteiger partial charge is 0.305 e. The molecule has 6 nitrogen and oxygen atoms in total. The van der Waals surface area contributed by atoms with E-state index in [-0.39, 0.29) is 44.1 Å². The van der Waals surface area contributed by atoms with Gasteiger partial charge in [-0.05, 0) is 44.4 Å². The first-order chi connectivity index (χ1) is 11.9. The van der Waals surface area contributed by atoms with Crippen molar-refractivity contribution >= 4 is 29.1 Å². The molecule has 0 unspecified atom stereocenters. The lowest BCUT2D eigenvalue weighted by atomic mass is 10.0. The molecule has 1 aromatic rings. The van der Waals surface area contributed by atoms with Crippen molar-refractivity contribution in [1.82, 2.24) is 0 Å². The summed E-state index contributed by atoms with van der Waals surface area (Å²) in [6, 6.07) is 7.23. The van der Waals surface area contributed by atoms with Crippen LogP contribution >= 0.6 is 0 Å². The number of benzene rings is 1. The monoisotopic (exact) mass is 349 g/mol. The zero-order valence-electron chi connectivity index (χ0n) is 14.8. The molecule has 138 valence electrons. The van der Waals surface area contributed by atoms with Crippen LogP contribution in [0.4, 0.5) is 5.69 Å². The van der Waals surface area contributed by atoms with Gasteiger partial charge in [0.2, 0.25) is 5.91 Å². The van der Waals surface area contributed by atoms with Crippen LogP contribution in [0.5, 0.6) is 0 Å². The van der Waals surface area contributed by atoms with E-state index < -0.39 is 0 Å². The number of ether oxygens (including phenoxy) is 1. The third-order valence-corrected chi connectivity index (χ3v) is 3.47. The summed E-state index contributed by atoms with van der Waals surface area (Å²) in [4.78, 5) is 45.4. The highest BCUT2D eigenvalue weighted by atomic mass is 16.5. The number of hydrogen-bond donors (Lipinski definition) is 1. The van der Waals surface area contributed by atoms with Gasteiger partial charge < -0.3 is 10.1 Å². The standard InChI is InChI=1S/C19H25NO5.H2/c1-3-25-19(24)6-4-5-18(23)20-16-10-7-15(8-11-16)9-12-17(22)13-14(2)21;/h7-8,10-11H,3-6,9,12-13H2,1-2H3,(H,20,23);1H. The van der Waals surface area contributed by atoms with E-state index in [2.05, 4.69) is 5.32 Å². The van der Waals surface area contributed by atoms with Gasteiger partial charge >= 0.3 is 5.97 Å². The minimum Gasteiger partial charge on any atom is -0.466 e. The van der Waals surface area contributed by atoms with E-state index in [1.165, 1.54) is 6.92 Å². The summed E-state index contributed by atoms with van der Waals surface area (Å²) in [5.74, 6) is -0.634. The topological polar surface area (TPSA) is 89.5 Å². The van der Waals surface area contributed by atoms with Crippen molar-refractivity contribution in [2.75, 3.05) is 11.9 Å². The molecule has 1 aromatic carbocycles. The largest absolute Gasteiger partial charge is 0.466 e. The van der Waals surface area contributed by atoms with E-state index >= 15 is 0 Å². The Hall–Kier alpha value is -2.50. The molecular formula is C19H27NO5. The Morgan fingerprint density at radius 2 is 1.72 bits per heavy atom. The summed E-state index contributed by atoms with van der Waals surface area (Å²) in [5, 5.41) is 2.76.